The molecule has 2 heterocycles. The number of carbonyl (C=O) groups is 2. The lowest BCUT2D eigenvalue weighted by molar-refractivity contribution is -0.135. The van der Waals surface area contributed by atoms with Gasteiger partial charge in [0.25, 0.3) is 5.91 Å². The highest BCUT2D eigenvalue weighted by Crippen LogP contribution is 2.34. The lowest BCUT2D eigenvalue weighted by Crippen LogP contribution is -2.48. The first-order valence-corrected chi connectivity index (χ1v) is 12.3. The number of benzene rings is 2. The maximum Gasteiger partial charge on any atom is 0.254 e. The van der Waals surface area contributed by atoms with Gasteiger partial charge in [-0.25, -0.2) is 0 Å². The molecule has 0 spiro atoms. The molecule has 0 radical (unpaired) electrons. The topological polar surface area (TPSA) is 59.1 Å². The third-order valence-corrected chi connectivity index (χ3v) is 7.01. The van der Waals surface area contributed by atoms with Crippen molar-refractivity contribution in [2.45, 2.75) is 19.4 Å². The van der Waals surface area contributed by atoms with Crippen LogP contribution in [0.5, 0.6) is 5.75 Å². The lowest BCUT2D eigenvalue weighted by atomic mass is 10.0. The second-order valence-corrected chi connectivity index (χ2v) is 9.37. The molecule has 0 saturated heterocycles. The van der Waals surface area contributed by atoms with E-state index in [1.165, 1.54) is 4.88 Å². The molecule has 1 atom stereocenters. The van der Waals surface area contributed by atoms with Crippen LogP contribution in [0.15, 0.2) is 66.0 Å². The minimum Gasteiger partial charge on any atom is -0.491 e. The van der Waals surface area contributed by atoms with Gasteiger partial charge in [0.1, 0.15) is 18.9 Å². The summed E-state index contributed by atoms with van der Waals surface area (Å²) in [6, 6.07) is 19.0. The monoisotopic (exact) mass is 478 g/mol. The van der Waals surface area contributed by atoms with Gasteiger partial charge in [-0.15, -0.1) is 11.3 Å². The Morgan fingerprint density at radius 3 is 2.71 bits per heavy atom. The van der Waals surface area contributed by atoms with Crippen molar-refractivity contribution < 1.29 is 19.1 Å². The Morgan fingerprint density at radius 1 is 1.12 bits per heavy atom. The Hall–Kier alpha value is -3.16. The van der Waals surface area contributed by atoms with Gasteiger partial charge in [0, 0.05) is 30.6 Å². The van der Waals surface area contributed by atoms with Gasteiger partial charge >= 0.3 is 0 Å². The number of para-hydroxylation sites is 1. The normalized spacial score (nSPS) is 15.0. The van der Waals surface area contributed by atoms with Gasteiger partial charge in [0.2, 0.25) is 5.91 Å². The van der Waals surface area contributed by atoms with E-state index in [-0.39, 0.29) is 24.4 Å². The van der Waals surface area contributed by atoms with E-state index in [1.54, 1.807) is 29.4 Å². The van der Waals surface area contributed by atoms with Crippen molar-refractivity contribution in [3.05, 3.63) is 87.6 Å². The van der Waals surface area contributed by atoms with Crippen LogP contribution in [-0.2, 0) is 16.0 Å². The Morgan fingerprint density at radius 2 is 1.94 bits per heavy atom. The molecule has 2 amide bonds. The third kappa shape index (κ3) is 5.66. The van der Waals surface area contributed by atoms with Crippen LogP contribution in [0.25, 0.3) is 0 Å². The van der Waals surface area contributed by atoms with Gasteiger partial charge in [-0.1, -0.05) is 35.9 Å². The van der Waals surface area contributed by atoms with Crippen LogP contribution in [0.1, 0.15) is 32.4 Å². The SMILES string of the molecule is COCCN(CC(=O)N1CCc2sccc2[C@H]1COc1ccccc1)C(=O)c1cccc(C)c1. The van der Waals surface area contributed by atoms with E-state index in [1.807, 2.05) is 60.4 Å². The van der Waals surface area contributed by atoms with Crippen molar-refractivity contribution in [1.29, 1.82) is 0 Å². The largest absolute Gasteiger partial charge is 0.491 e. The Balaban J connectivity index is 1.52. The Labute approximate surface area is 204 Å². The van der Waals surface area contributed by atoms with Crippen LogP contribution in [0.2, 0.25) is 0 Å². The molecule has 4 rings (SSSR count). The molecule has 3 aromatic rings. The predicted molar refractivity (Wildman–Crippen MR) is 133 cm³/mol. The Bertz CT molecular complexity index is 1110. The standard InChI is InChI=1S/C27H30N2O4S/c1-20-7-6-8-21(17-20)27(31)28(14-15-32-2)18-26(30)29-13-11-25-23(12-16-34-25)24(29)19-33-22-9-4-3-5-10-22/h3-10,12,16-17,24H,11,13-15,18-19H2,1-2H3/t24-/m1/s1. The first kappa shape index (κ1) is 24.0. The molecule has 0 saturated carbocycles. The van der Waals surface area contributed by atoms with Crippen molar-refractivity contribution in [3.8, 4) is 5.75 Å². The number of fused-ring (bicyclic) bond motifs is 1. The summed E-state index contributed by atoms with van der Waals surface area (Å²) in [7, 11) is 1.59. The van der Waals surface area contributed by atoms with Gasteiger partial charge in [0.15, 0.2) is 0 Å². The molecular weight excluding hydrogens is 448 g/mol. The fraction of sp³-hybridized carbons (Fsp3) is 0.333. The Kier molecular flexibility index (Phi) is 7.98. The number of hydrogen-bond donors (Lipinski definition) is 0. The average molecular weight is 479 g/mol. The number of rotatable bonds is 9. The summed E-state index contributed by atoms with van der Waals surface area (Å²) >= 11 is 1.72. The fourth-order valence-electron chi connectivity index (χ4n) is 4.24. The van der Waals surface area contributed by atoms with Gasteiger partial charge < -0.3 is 19.3 Å². The second kappa shape index (κ2) is 11.3. The second-order valence-electron chi connectivity index (χ2n) is 8.37. The van der Waals surface area contributed by atoms with Crippen molar-refractivity contribution in [1.82, 2.24) is 9.80 Å². The van der Waals surface area contributed by atoms with Crippen molar-refractivity contribution >= 4 is 23.2 Å². The number of nitrogens with zero attached hydrogens (tertiary/aromatic N) is 2. The smallest absolute Gasteiger partial charge is 0.254 e. The number of methoxy groups -OCH3 is 1. The molecule has 1 aliphatic heterocycles. The molecule has 1 aliphatic rings. The van der Waals surface area contributed by atoms with Gasteiger partial charge in [-0.3, -0.25) is 9.59 Å². The van der Waals surface area contributed by atoms with Crippen molar-refractivity contribution in [3.63, 3.8) is 0 Å². The van der Waals surface area contributed by atoms with E-state index >= 15 is 0 Å². The number of thiophene rings is 1. The maximum atomic E-state index is 13.6. The summed E-state index contributed by atoms with van der Waals surface area (Å²) in [6.45, 7) is 3.62. The number of hydrogen-bond acceptors (Lipinski definition) is 5. The zero-order chi connectivity index (χ0) is 23.9. The number of carbonyl (C=O) groups excluding carboxylic acids is 2. The molecule has 0 N–H and O–H groups in total. The highest BCUT2D eigenvalue weighted by Gasteiger charge is 2.33. The average Bonchev–Trinajstić information content (AvgIpc) is 3.34. The summed E-state index contributed by atoms with van der Waals surface area (Å²) < 4.78 is 11.3. The predicted octanol–water partition coefficient (Wildman–Crippen LogP) is 4.35. The highest BCUT2D eigenvalue weighted by atomic mass is 32.1. The van der Waals surface area contributed by atoms with E-state index in [9.17, 15) is 9.59 Å². The van der Waals surface area contributed by atoms with Crippen LogP contribution >= 0.6 is 11.3 Å². The molecule has 0 aliphatic carbocycles. The van der Waals surface area contributed by atoms with E-state index in [0.29, 0.717) is 31.9 Å². The summed E-state index contributed by atoms with van der Waals surface area (Å²) in [6.07, 6.45) is 0.810. The summed E-state index contributed by atoms with van der Waals surface area (Å²) in [5, 5.41) is 2.07. The van der Waals surface area contributed by atoms with Crippen LogP contribution in [0, 0.1) is 6.92 Å². The van der Waals surface area contributed by atoms with Crippen molar-refractivity contribution in [2.75, 3.05) is 40.0 Å². The lowest BCUT2D eigenvalue weighted by Gasteiger charge is -2.37. The molecule has 2 aromatic carbocycles. The molecule has 34 heavy (non-hydrogen) atoms. The zero-order valence-corrected chi connectivity index (χ0v) is 20.4. The molecule has 0 unspecified atom stereocenters. The molecule has 0 bridgehead atoms. The summed E-state index contributed by atoms with van der Waals surface area (Å²) in [5.41, 5.74) is 2.71. The van der Waals surface area contributed by atoms with Crippen LogP contribution < -0.4 is 4.74 Å². The highest BCUT2D eigenvalue weighted by molar-refractivity contribution is 7.10. The van der Waals surface area contributed by atoms with E-state index in [0.717, 1.165) is 23.3 Å². The van der Waals surface area contributed by atoms with E-state index in [4.69, 9.17) is 9.47 Å². The van der Waals surface area contributed by atoms with Crippen LogP contribution in [-0.4, -0.2) is 61.6 Å². The van der Waals surface area contributed by atoms with Crippen LogP contribution in [0.4, 0.5) is 0 Å². The number of ether oxygens (including phenoxy) is 2. The van der Waals surface area contributed by atoms with E-state index in [2.05, 4.69) is 11.4 Å². The fourth-order valence-corrected chi connectivity index (χ4v) is 5.16. The maximum absolute atomic E-state index is 13.6. The van der Waals surface area contributed by atoms with Gasteiger partial charge in [-0.05, 0) is 54.6 Å². The molecule has 6 nitrogen and oxygen atoms in total. The summed E-state index contributed by atoms with van der Waals surface area (Å²) in [5.74, 6) is 0.517. The zero-order valence-electron chi connectivity index (χ0n) is 19.6. The number of amides is 2. The minimum atomic E-state index is -0.193. The quantitative estimate of drug-likeness (QED) is 0.459. The van der Waals surface area contributed by atoms with Gasteiger partial charge in [-0.2, -0.15) is 0 Å². The third-order valence-electron chi connectivity index (χ3n) is 6.01. The molecule has 7 heteroatoms. The number of aryl methyl sites for hydroxylation is 1. The minimum absolute atomic E-state index is 0.00254. The van der Waals surface area contributed by atoms with Gasteiger partial charge in [0.05, 0.1) is 12.6 Å². The summed E-state index contributed by atoms with van der Waals surface area (Å²) in [4.78, 5) is 31.5. The van der Waals surface area contributed by atoms with Crippen molar-refractivity contribution in [2.24, 2.45) is 0 Å². The van der Waals surface area contributed by atoms with Crippen LogP contribution in [0.3, 0.4) is 0 Å². The molecule has 0 fully saturated rings. The first-order chi connectivity index (χ1) is 16.6. The first-order valence-electron chi connectivity index (χ1n) is 11.4. The molecule has 1 aromatic heterocycles. The molecular formula is C27H30N2O4S. The molecule has 178 valence electrons. The van der Waals surface area contributed by atoms with E-state index < -0.39 is 0 Å².